The van der Waals surface area contributed by atoms with Gasteiger partial charge < -0.3 is 20.4 Å². The highest BCUT2D eigenvalue weighted by Gasteiger charge is 2.51. The van der Waals surface area contributed by atoms with Crippen molar-refractivity contribution in [2.45, 2.75) is 83.8 Å². The van der Waals surface area contributed by atoms with Crippen LogP contribution in [-0.4, -0.2) is 34.5 Å². The van der Waals surface area contributed by atoms with Crippen LogP contribution in [0.3, 0.4) is 0 Å². The molecule has 4 aliphatic carbocycles. The molecule has 0 spiro atoms. The van der Waals surface area contributed by atoms with E-state index in [1.165, 1.54) is 38.5 Å². The largest absolute Gasteiger partial charge is 0.444 e. The van der Waals surface area contributed by atoms with Gasteiger partial charge in [-0.1, -0.05) is 18.2 Å². The molecule has 0 radical (unpaired) electrons. The molecule has 35 heavy (non-hydrogen) atoms. The molecule has 7 nitrogen and oxygen atoms in total. The van der Waals surface area contributed by atoms with Crippen molar-refractivity contribution in [3.8, 4) is 0 Å². The quantitative estimate of drug-likeness (QED) is 0.334. The van der Waals surface area contributed by atoms with E-state index in [1.807, 2.05) is 30.5 Å². The van der Waals surface area contributed by atoms with E-state index in [0.29, 0.717) is 12.8 Å². The molecule has 7 heteroatoms. The highest BCUT2D eigenvalue weighted by Crippen LogP contribution is 2.61. The number of amidine groups is 1. The molecule has 1 heterocycles. The van der Waals surface area contributed by atoms with Gasteiger partial charge in [0, 0.05) is 29.9 Å². The average molecular weight is 479 g/mol. The Labute approximate surface area is 207 Å². The van der Waals surface area contributed by atoms with E-state index in [2.05, 4.69) is 15.6 Å². The number of hydrogen-bond acceptors (Lipinski definition) is 4. The van der Waals surface area contributed by atoms with Gasteiger partial charge in [0.15, 0.2) is 0 Å². The molecule has 2 aromatic rings. The number of hydrogen-bond donors (Lipinski definition) is 4. The number of aromatic nitrogens is 1. The zero-order chi connectivity index (χ0) is 24.8. The van der Waals surface area contributed by atoms with Gasteiger partial charge in [-0.3, -0.25) is 10.2 Å². The zero-order valence-electron chi connectivity index (χ0n) is 21.1. The minimum atomic E-state index is -0.847. The van der Waals surface area contributed by atoms with Crippen LogP contribution in [0, 0.1) is 28.6 Å². The SMILES string of the molecule is CC(C)(C)OC(=O)N[C@@H](Cc1c[nH]c2ccccc12)C(=O)NC(=N)CC12CC3CC(CC(C3)C1)C2. The fraction of sp³-hybridized carbons (Fsp3) is 0.607. The first-order valence-corrected chi connectivity index (χ1v) is 13.0. The number of ether oxygens (including phenoxy) is 1. The zero-order valence-corrected chi connectivity index (χ0v) is 21.1. The Kier molecular flexibility index (Phi) is 6.14. The molecule has 188 valence electrons. The van der Waals surface area contributed by atoms with Crippen molar-refractivity contribution in [2.75, 3.05) is 0 Å². The summed E-state index contributed by atoms with van der Waals surface area (Å²) in [7, 11) is 0. The maximum atomic E-state index is 13.4. The molecule has 4 bridgehead atoms. The standard InChI is InChI=1S/C28H38N4O3/c1-27(2,3)35-26(34)31-23(11-20-16-30-22-7-5-4-6-21(20)22)25(33)32-24(29)15-28-12-17-8-18(13-28)10-19(9-17)14-28/h4-7,16-19,23,30H,8-15H2,1-3H3,(H,31,34)(H2,29,32,33)/t17?,18?,19?,23-,28?/m0/s1. The van der Waals surface area contributed by atoms with Gasteiger partial charge in [0.25, 0.3) is 0 Å². The van der Waals surface area contributed by atoms with Crippen molar-refractivity contribution in [3.05, 3.63) is 36.0 Å². The van der Waals surface area contributed by atoms with Crippen LogP contribution in [0.25, 0.3) is 10.9 Å². The summed E-state index contributed by atoms with van der Waals surface area (Å²) in [6, 6.07) is 7.05. The van der Waals surface area contributed by atoms with Crippen LogP contribution < -0.4 is 10.6 Å². The smallest absolute Gasteiger partial charge is 0.408 e. The fourth-order valence-electron chi connectivity index (χ4n) is 7.34. The number of benzene rings is 1. The first-order chi connectivity index (χ1) is 16.6. The van der Waals surface area contributed by atoms with Gasteiger partial charge >= 0.3 is 6.09 Å². The lowest BCUT2D eigenvalue weighted by atomic mass is 9.49. The molecule has 6 rings (SSSR count). The van der Waals surface area contributed by atoms with Crippen LogP contribution in [0.5, 0.6) is 0 Å². The Morgan fingerprint density at radius 2 is 1.74 bits per heavy atom. The first-order valence-electron chi connectivity index (χ1n) is 13.0. The van der Waals surface area contributed by atoms with Crippen molar-refractivity contribution < 1.29 is 14.3 Å². The van der Waals surface area contributed by atoms with E-state index in [1.54, 1.807) is 20.8 Å². The summed E-state index contributed by atoms with van der Waals surface area (Å²) in [5.74, 6) is 2.30. The number of para-hydroxylation sites is 1. The summed E-state index contributed by atoms with van der Waals surface area (Å²) in [6.07, 6.45) is 9.79. The Morgan fingerprint density at radius 1 is 1.11 bits per heavy atom. The highest BCUT2D eigenvalue weighted by atomic mass is 16.6. The number of nitrogens with one attached hydrogen (secondary N) is 4. The maximum absolute atomic E-state index is 13.4. The van der Waals surface area contributed by atoms with E-state index in [9.17, 15) is 9.59 Å². The second-order valence-corrected chi connectivity index (χ2v) is 12.3. The average Bonchev–Trinajstić information content (AvgIpc) is 3.13. The molecule has 1 atom stereocenters. The van der Waals surface area contributed by atoms with E-state index in [4.69, 9.17) is 10.1 Å². The number of alkyl carbamates (subject to hydrolysis) is 1. The summed E-state index contributed by atoms with van der Waals surface area (Å²) in [5, 5.41) is 15.3. The van der Waals surface area contributed by atoms with Crippen LogP contribution in [0.4, 0.5) is 4.79 Å². The topological polar surface area (TPSA) is 107 Å². The van der Waals surface area contributed by atoms with Crippen LogP contribution in [0.1, 0.15) is 71.3 Å². The van der Waals surface area contributed by atoms with Crippen molar-refractivity contribution in [1.82, 2.24) is 15.6 Å². The number of fused-ring (bicyclic) bond motifs is 1. The van der Waals surface area contributed by atoms with Crippen LogP contribution >= 0.6 is 0 Å². The molecule has 4 fully saturated rings. The molecular formula is C28H38N4O3. The Bertz CT molecular complexity index is 1090. The van der Waals surface area contributed by atoms with Crippen molar-refractivity contribution in [3.63, 3.8) is 0 Å². The Balaban J connectivity index is 1.28. The normalized spacial score (nSPS) is 28.0. The molecule has 0 saturated heterocycles. The summed E-state index contributed by atoms with van der Waals surface area (Å²) in [4.78, 5) is 29.2. The molecule has 4 aliphatic rings. The van der Waals surface area contributed by atoms with E-state index in [0.717, 1.165) is 34.2 Å². The second-order valence-electron chi connectivity index (χ2n) is 12.3. The predicted octanol–water partition coefficient (Wildman–Crippen LogP) is 5.30. The number of H-pyrrole nitrogens is 1. The Hall–Kier alpha value is -2.83. The molecule has 1 aromatic carbocycles. The molecule has 1 aromatic heterocycles. The number of carbonyl (C=O) groups is 2. The van der Waals surface area contributed by atoms with Gasteiger partial charge in [-0.05, 0) is 94.1 Å². The predicted molar refractivity (Wildman–Crippen MR) is 136 cm³/mol. The van der Waals surface area contributed by atoms with Gasteiger partial charge in [-0.25, -0.2) is 4.79 Å². The van der Waals surface area contributed by atoms with E-state index < -0.39 is 17.7 Å². The molecule has 0 unspecified atom stereocenters. The number of carbonyl (C=O) groups excluding carboxylic acids is 2. The lowest BCUT2D eigenvalue weighted by Gasteiger charge is -2.57. The van der Waals surface area contributed by atoms with Crippen molar-refractivity contribution in [2.24, 2.45) is 23.2 Å². The molecular weight excluding hydrogens is 440 g/mol. The lowest BCUT2D eigenvalue weighted by Crippen LogP contribution is -2.52. The lowest BCUT2D eigenvalue weighted by molar-refractivity contribution is -0.121. The second kappa shape index (κ2) is 8.99. The van der Waals surface area contributed by atoms with Crippen LogP contribution in [-0.2, 0) is 16.0 Å². The highest BCUT2D eigenvalue weighted by molar-refractivity contribution is 6.00. The molecule has 0 aliphatic heterocycles. The fourth-order valence-corrected chi connectivity index (χ4v) is 7.34. The third-order valence-electron chi connectivity index (χ3n) is 8.10. The summed E-state index contributed by atoms with van der Waals surface area (Å²) in [5.41, 5.74) is 1.42. The Morgan fingerprint density at radius 3 is 2.37 bits per heavy atom. The van der Waals surface area contributed by atoms with E-state index >= 15 is 0 Å². The van der Waals surface area contributed by atoms with Crippen molar-refractivity contribution in [1.29, 1.82) is 5.41 Å². The number of rotatable bonds is 6. The van der Waals surface area contributed by atoms with Crippen LogP contribution in [0.15, 0.2) is 30.5 Å². The molecule has 4 N–H and O–H groups in total. The number of aromatic amines is 1. The third kappa shape index (κ3) is 5.39. The first kappa shape index (κ1) is 23.9. The minimum Gasteiger partial charge on any atom is -0.444 e. The minimum absolute atomic E-state index is 0.171. The van der Waals surface area contributed by atoms with Crippen LogP contribution in [0.2, 0.25) is 0 Å². The van der Waals surface area contributed by atoms with E-state index in [-0.39, 0.29) is 17.2 Å². The summed E-state index contributed by atoms with van der Waals surface area (Å²) in [6.45, 7) is 5.38. The van der Waals surface area contributed by atoms with Gasteiger partial charge in [-0.2, -0.15) is 0 Å². The van der Waals surface area contributed by atoms with Gasteiger partial charge in [0.1, 0.15) is 17.5 Å². The maximum Gasteiger partial charge on any atom is 0.408 e. The number of amides is 2. The monoisotopic (exact) mass is 478 g/mol. The van der Waals surface area contributed by atoms with Gasteiger partial charge in [-0.15, -0.1) is 0 Å². The van der Waals surface area contributed by atoms with Gasteiger partial charge in [0.05, 0.1) is 0 Å². The third-order valence-corrected chi connectivity index (χ3v) is 8.10. The summed E-state index contributed by atoms with van der Waals surface area (Å²) < 4.78 is 5.43. The molecule has 4 saturated carbocycles. The summed E-state index contributed by atoms with van der Waals surface area (Å²) >= 11 is 0. The van der Waals surface area contributed by atoms with Gasteiger partial charge in [0.2, 0.25) is 5.91 Å². The molecule has 2 amide bonds. The van der Waals surface area contributed by atoms with Crippen molar-refractivity contribution >= 4 is 28.7 Å².